The van der Waals surface area contributed by atoms with E-state index in [1.54, 1.807) is 14.5 Å². The summed E-state index contributed by atoms with van der Waals surface area (Å²) >= 11 is 7.30. The number of anilines is 1. The summed E-state index contributed by atoms with van der Waals surface area (Å²) in [6, 6.07) is 10.6. The number of alkyl halides is 3. The van der Waals surface area contributed by atoms with Crippen molar-refractivity contribution in [3.05, 3.63) is 58.7 Å². The number of tetrazole rings is 1. The lowest BCUT2D eigenvalue weighted by Crippen LogP contribution is -2.49. The monoisotopic (exact) mass is 497 g/mol. The summed E-state index contributed by atoms with van der Waals surface area (Å²) in [4.78, 5) is 20.0. The standard InChI is InChI=1S/C20H19ClF3N7OS/c21-16-10-15(20(22,23)24)11-25-18(16)30-8-6-29(7-9-30)17(32)13-33-19-26-27-28-31(19)12-14-4-2-1-3-5-14/h1-5,10-11H,6-9,12-13H2. The molecule has 1 aromatic carbocycles. The normalized spacial score (nSPS) is 14.5. The van der Waals surface area contributed by atoms with Gasteiger partial charge in [-0.05, 0) is 22.1 Å². The summed E-state index contributed by atoms with van der Waals surface area (Å²) in [5.41, 5.74) is 0.154. The summed E-state index contributed by atoms with van der Waals surface area (Å²) in [6.07, 6.45) is -3.73. The first kappa shape index (κ1) is 23.3. The van der Waals surface area contributed by atoms with E-state index < -0.39 is 11.7 Å². The first-order valence-corrected chi connectivity index (χ1v) is 11.4. The lowest BCUT2D eigenvalue weighted by Gasteiger charge is -2.35. The molecule has 0 atom stereocenters. The van der Waals surface area contributed by atoms with Crippen molar-refractivity contribution in [3.8, 4) is 0 Å². The van der Waals surface area contributed by atoms with Crippen LogP contribution in [0.3, 0.4) is 0 Å². The van der Waals surface area contributed by atoms with E-state index in [0.717, 1.165) is 17.8 Å². The number of benzene rings is 1. The molecular weight excluding hydrogens is 479 g/mol. The van der Waals surface area contributed by atoms with Gasteiger partial charge in [-0.3, -0.25) is 4.79 Å². The van der Waals surface area contributed by atoms with Gasteiger partial charge in [0.05, 0.1) is 22.9 Å². The Hall–Kier alpha value is -2.86. The van der Waals surface area contributed by atoms with Crippen LogP contribution >= 0.6 is 23.4 Å². The van der Waals surface area contributed by atoms with Gasteiger partial charge >= 0.3 is 6.18 Å². The number of rotatable bonds is 6. The summed E-state index contributed by atoms with van der Waals surface area (Å²) in [5, 5.41) is 12.2. The zero-order chi connectivity index (χ0) is 23.4. The van der Waals surface area contributed by atoms with E-state index in [9.17, 15) is 18.0 Å². The smallest absolute Gasteiger partial charge is 0.352 e. The number of nitrogens with zero attached hydrogens (tertiary/aromatic N) is 7. The number of halogens is 4. The van der Waals surface area contributed by atoms with Gasteiger partial charge in [0.25, 0.3) is 0 Å². The SMILES string of the molecule is O=C(CSc1nnnn1Cc1ccccc1)N1CCN(c2ncc(C(F)(F)F)cc2Cl)CC1. The molecule has 1 aliphatic heterocycles. The molecule has 1 aliphatic rings. The number of pyridine rings is 1. The zero-order valence-electron chi connectivity index (χ0n) is 17.2. The van der Waals surface area contributed by atoms with E-state index in [1.165, 1.54) is 11.8 Å². The lowest BCUT2D eigenvalue weighted by molar-refractivity contribution is -0.137. The predicted octanol–water partition coefficient (Wildman–Crippen LogP) is 3.23. The molecule has 3 aromatic rings. The maximum Gasteiger partial charge on any atom is 0.417 e. The molecule has 0 spiro atoms. The molecular formula is C20H19ClF3N7OS. The number of hydrogen-bond acceptors (Lipinski definition) is 7. The highest BCUT2D eigenvalue weighted by atomic mass is 35.5. The van der Waals surface area contributed by atoms with Crippen LogP contribution in [0.5, 0.6) is 0 Å². The highest BCUT2D eigenvalue weighted by Crippen LogP contribution is 2.33. The third-order valence-electron chi connectivity index (χ3n) is 5.08. The molecule has 1 amide bonds. The molecule has 1 saturated heterocycles. The molecule has 0 bridgehead atoms. The van der Waals surface area contributed by atoms with E-state index in [4.69, 9.17) is 11.6 Å². The van der Waals surface area contributed by atoms with Crippen molar-refractivity contribution in [2.45, 2.75) is 17.9 Å². The summed E-state index contributed by atoms with van der Waals surface area (Å²) in [5.74, 6) is 0.390. The van der Waals surface area contributed by atoms with Crippen LogP contribution in [0.2, 0.25) is 5.02 Å². The van der Waals surface area contributed by atoms with E-state index in [1.807, 2.05) is 30.3 Å². The summed E-state index contributed by atoms with van der Waals surface area (Å²) in [6.45, 7) is 2.16. The molecule has 0 unspecified atom stereocenters. The number of aromatic nitrogens is 5. The van der Waals surface area contributed by atoms with Gasteiger partial charge in [0.2, 0.25) is 11.1 Å². The van der Waals surface area contributed by atoms with Gasteiger partial charge in [0.1, 0.15) is 5.82 Å². The van der Waals surface area contributed by atoms with Crippen molar-refractivity contribution >= 4 is 35.1 Å². The largest absolute Gasteiger partial charge is 0.417 e. The molecule has 0 radical (unpaired) electrons. The average Bonchev–Trinajstić information content (AvgIpc) is 3.24. The van der Waals surface area contributed by atoms with Crippen LogP contribution in [0.1, 0.15) is 11.1 Å². The van der Waals surface area contributed by atoms with Gasteiger partial charge in [-0.1, -0.05) is 53.7 Å². The molecule has 8 nitrogen and oxygen atoms in total. The van der Waals surface area contributed by atoms with Gasteiger partial charge in [0.15, 0.2) is 0 Å². The molecule has 33 heavy (non-hydrogen) atoms. The Morgan fingerprint density at radius 2 is 1.85 bits per heavy atom. The molecule has 0 N–H and O–H groups in total. The summed E-state index contributed by atoms with van der Waals surface area (Å²) < 4.78 is 40.1. The van der Waals surface area contributed by atoms with Gasteiger partial charge in [-0.25, -0.2) is 9.67 Å². The van der Waals surface area contributed by atoms with E-state index >= 15 is 0 Å². The van der Waals surface area contributed by atoms with Crippen LogP contribution in [0.15, 0.2) is 47.8 Å². The fraction of sp³-hybridized carbons (Fsp3) is 0.350. The third kappa shape index (κ3) is 5.74. The Morgan fingerprint density at radius 1 is 1.12 bits per heavy atom. The average molecular weight is 498 g/mol. The van der Waals surface area contributed by atoms with Crippen molar-refractivity contribution in [3.63, 3.8) is 0 Å². The second-order valence-corrected chi connectivity index (χ2v) is 8.64. The lowest BCUT2D eigenvalue weighted by atomic mass is 10.2. The van der Waals surface area contributed by atoms with Gasteiger partial charge in [-0.2, -0.15) is 13.2 Å². The van der Waals surface area contributed by atoms with Crippen molar-refractivity contribution in [2.75, 3.05) is 36.8 Å². The molecule has 0 saturated carbocycles. The predicted molar refractivity (Wildman–Crippen MR) is 117 cm³/mol. The van der Waals surface area contributed by atoms with Crippen molar-refractivity contribution < 1.29 is 18.0 Å². The van der Waals surface area contributed by atoms with E-state index in [2.05, 4.69) is 20.5 Å². The van der Waals surface area contributed by atoms with E-state index in [-0.39, 0.29) is 22.5 Å². The second-order valence-electron chi connectivity index (χ2n) is 7.29. The minimum Gasteiger partial charge on any atom is -0.352 e. The quantitative estimate of drug-likeness (QED) is 0.484. The Morgan fingerprint density at radius 3 is 2.52 bits per heavy atom. The number of thioether (sulfide) groups is 1. The Bertz CT molecular complexity index is 1100. The van der Waals surface area contributed by atoms with Crippen molar-refractivity contribution in [1.82, 2.24) is 30.1 Å². The van der Waals surface area contributed by atoms with E-state index in [0.29, 0.717) is 37.9 Å². The molecule has 3 heterocycles. The van der Waals surface area contributed by atoms with Gasteiger partial charge in [0, 0.05) is 32.4 Å². The second kappa shape index (κ2) is 9.96. The van der Waals surface area contributed by atoms with Crippen LogP contribution < -0.4 is 4.90 Å². The molecule has 174 valence electrons. The number of piperazine rings is 1. The Labute approximate surface area is 196 Å². The first-order chi connectivity index (χ1) is 15.8. The number of carbonyl (C=O) groups is 1. The zero-order valence-corrected chi connectivity index (χ0v) is 18.8. The first-order valence-electron chi connectivity index (χ1n) is 9.99. The van der Waals surface area contributed by atoms with Gasteiger partial charge < -0.3 is 9.80 Å². The van der Waals surface area contributed by atoms with Crippen LogP contribution in [0, 0.1) is 0 Å². The van der Waals surface area contributed by atoms with Gasteiger partial charge in [-0.15, -0.1) is 5.10 Å². The molecule has 4 rings (SSSR count). The molecule has 1 fully saturated rings. The molecule has 13 heteroatoms. The maximum atomic E-state index is 12.8. The van der Waals surface area contributed by atoms with Crippen LogP contribution in [0.25, 0.3) is 0 Å². The maximum absolute atomic E-state index is 12.8. The number of carbonyl (C=O) groups excluding carboxylic acids is 1. The summed E-state index contributed by atoms with van der Waals surface area (Å²) in [7, 11) is 0. The Kier molecular flexibility index (Phi) is 7.03. The number of amides is 1. The molecule has 2 aromatic heterocycles. The fourth-order valence-electron chi connectivity index (χ4n) is 3.36. The van der Waals surface area contributed by atoms with Crippen LogP contribution in [-0.4, -0.2) is 67.9 Å². The minimum atomic E-state index is -4.50. The highest BCUT2D eigenvalue weighted by molar-refractivity contribution is 7.99. The third-order valence-corrected chi connectivity index (χ3v) is 6.30. The van der Waals surface area contributed by atoms with Crippen LogP contribution in [0.4, 0.5) is 19.0 Å². The molecule has 0 aliphatic carbocycles. The number of hydrogen-bond donors (Lipinski definition) is 0. The fourth-order valence-corrected chi connectivity index (χ4v) is 4.42. The van der Waals surface area contributed by atoms with Crippen molar-refractivity contribution in [2.24, 2.45) is 0 Å². The topological polar surface area (TPSA) is 80.0 Å². The highest BCUT2D eigenvalue weighted by Gasteiger charge is 2.32. The van der Waals surface area contributed by atoms with Crippen molar-refractivity contribution in [1.29, 1.82) is 0 Å². The Balaban J connectivity index is 1.30. The van der Waals surface area contributed by atoms with Crippen LogP contribution in [-0.2, 0) is 17.5 Å². The minimum absolute atomic E-state index is 0.0644.